The molecule has 0 aromatic rings. The second-order valence-corrected chi connectivity index (χ2v) is 5.10. The van der Waals surface area contributed by atoms with E-state index in [4.69, 9.17) is 6.42 Å². The van der Waals surface area contributed by atoms with Crippen molar-refractivity contribution in [1.29, 1.82) is 0 Å². The number of terminal acetylenes is 1. The van der Waals surface area contributed by atoms with Crippen LogP contribution in [0.5, 0.6) is 0 Å². The second kappa shape index (κ2) is 6.66. The predicted octanol–water partition coefficient (Wildman–Crippen LogP) is 1.78. The van der Waals surface area contributed by atoms with Gasteiger partial charge in [0, 0.05) is 31.5 Å². The molecule has 0 bridgehead atoms. The van der Waals surface area contributed by atoms with Crippen LogP contribution < -0.4 is 5.32 Å². The average molecular weight is 236 g/mol. The zero-order valence-electron chi connectivity index (χ0n) is 11.1. The fourth-order valence-corrected chi connectivity index (χ4v) is 2.16. The van der Waals surface area contributed by atoms with Crippen LogP contribution in [0.15, 0.2) is 0 Å². The third-order valence-electron chi connectivity index (χ3n) is 3.79. The van der Waals surface area contributed by atoms with Crippen LogP contribution in [-0.4, -0.2) is 36.5 Å². The summed E-state index contributed by atoms with van der Waals surface area (Å²) in [4.78, 5) is 13.9. The number of rotatable bonds is 5. The lowest BCUT2D eigenvalue weighted by atomic mass is 9.90. The Morgan fingerprint density at radius 2 is 2.06 bits per heavy atom. The van der Waals surface area contributed by atoms with Crippen molar-refractivity contribution in [3.05, 3.63) is 0 Å². The van der Waals surface area contributed by atoms with Gasteiger partial charge in [0.25, 0.3) is 0 Å². The Labute approximate surface area is 105 Å². The Hall–Kier alpha value is -1.01. The molecule has 0 aromatic carbocycles. The number of likely N-dealkylation sites (tertiary alicyclic amines) is 1. The summed E-state index contributed by atoms with van der Waals surface area (Å²) in [5.74, 6) is 2.90. The van der Waals surface area contributed by atoms with Crippen LogP contribution in [0.25, 0.3) is 0 Å². The van der Waals surface area contributed by atoms with E-state index in [1.165, 1.54) is 0 Å². The summed E-state index contributed by atoms with van der Waals surface area (Å²) >= 11 is 0. The molecule has 0 saturated carbocycles. The minimum absolute atomic E-state index is 0.209. The van der Waals surface area contributed by atoms with Crippen molar-refractivity contribution in [3.8, 4) is 12.3 Å². The van der Waals surface area contributed by atoms with Crippen molar-refractivity contribution in [3.63, 3.8) is 0 Å². The first kappa shape index (κ1) is 14.1. The first-order chi connectivity index (χ1) is 8.11. The van der Waals surface area contributed by atoms with Gasteiger partial charge in [-0.1, -0.05) is 0 Å². The molecule has 1 amide bonds. The summed E-state index contributed by atoms with van der Waals surface area (Å²) in [6.07, 6.45) is 10.6. The fraction of sp³-hybridized carbons (Fsp3) is 0.786. The Morgan fingerprint density at radius 3 is 2.59 bits per heavy atom. The number of nitrogens with zero attached hydrogens (tertiary/aromatic N) is 1. The van der Waals surface area contributed by atoms with Crippen LogP contribution in [0.1, 0.15) is 45.4 Å². The van der Waals surface area contributed by atoms with Gasteiger partial charge in [-0.2, -0.15) is 0 Å². The fourth-order valence-electron chi connectivity index (χ4n) is 2.16. The Kier molecular flexibility index (Phi) is 5.50. The number of hydrogen-bond acceptors (Lipinski definition) is 2. The molecule has 1 saturated heterocycles. The molecular formula is C14H24N2O. The lowest BCUT2D eigenvalue weighted by Gasteiger charge is -2.39. The SMILES string of the molecule is C#CCCCCC(=O)N1CCC(C)(NC)CC1. The number of hydrogen-bond donors (Lipinski definition) is 1. The molecule has 96 valence electrons. The topological polar surface area (TPSA) is 32.3 Å². The summed E-state index contributed by atoms with van der Waals surface area (Å²) in [7, 11) is 2.00. The number of piperidine rings is 1. The molecule has 1 N–H and O–H groups in total. The molecule has 3 heteroatoms. The standard InChI is InChI=1S/C14H24N2O/c1-4-5-6-7-8-13(17)16-11-9-14(2,15-3)10-12-16/h1,15H,5-12H2,2-3H3. The van der Waals surface area contributed by atoms with Gasteiger partial charge in [0.15, 0.2) is 0 Å². The van der Waals surface area contributed by atoms with Gasteiger partial charge in [-0.3, -0.25) is 4.79 Å². The van der Waals surface area contributed by atoms with Crippen LogP contribution in [0.3, 0.4) is 0 Å². The van der Waals surface area contributed by atoms with Gasteiger partial charge in [0.2, 0.25) is 5.91 Å². The van der Waals surface area contributed by atoms with E-state index in [0.717, 1.165) is 45.2 Å². The predicted molar refractivity (Wildman–Crippen MR) is 70.6 cm³/mol. The van der Waals surface area contributed by atoms with Gasteiger partial charge >= 0.3 is 0 Å². The van der Waals surface area contributed by atoms with E-state index in [-0.39, 0.29) is 5.54 Å². The highest BCUT2D eigenvalue weighted by Crippen LogP contribution is 2.21. The number of carbonyl (C=O) groups is 1. The van der Waals surface area contributed by atoms with E-state index in [9.17, 15) is 4.79 Å². The highest BCUT2D eigenvalue weighted by molar-refractivity contribution is 5.76. The van der Waals surface area contributed by atoms with Crippen molar-refractivity contribution in [2.45, 2.75) is 51.0 Å². The van der Waals surface area contributed by atoms with E-state index in [1.54, 1.807) is 0 Å². The molecule has 1 rings (SSSR count). The molecule has 1 heterocycles. The second-order valence-electron chi connectivity index (χ2n) is 5.10. The summed E-state index contributed by atoms with van der Waals surface area (Å²) in [6.45, 7) is 3.98. The van der Waals surface area contributed by atoms with Crippen molar-refractivity contribution < 1.29 is 4.79 Å². The van der Waals surface area contributed by atoms with Crippen molar-refractivity contribution in [2.24, 2.45) is 0 Å². The van der Waals surface area contributed by atoms with Crippen molar-refractivity contribution in [2.75, 3.05) is 20.1 Å². The normalized spacial score (nSPS) is 18.8. The molecule has 0 radical (unpaired) electrons. The first-order valence-electron chi connectivity index (χ1n) is 6.51. The maximum atomic E-state index is 11.9. The van der Waals surface area contributed by atoms with Crippen LogP contribution in [-0.2, 0) is 4.79 Å². The zero-order valence-corrected chi connectivity index (χ0v) is 11.1. The van der Waals surface area contributed by atoms with Gasteiger partial charge in [-0.05, 0) is 39.7 Å². The highest BCUT2D eigenvalue weighted by Gasteiger charge is 2.29. The van der Waals surface area contributed by atoms with Gasteiger partial charge in [0.1, 0.15) is 0 Å². The molecule has 1 aliphatic heterocycles. The summed E-state index contributed by atoms with van der Waals surface area (Å²) in [5.41, 5.74) is 0.209. The molecule has 0 aliphatic carbocycles. The van der Waals surface area contributed by atoms with Crippen molar-refractivity contribution >= 4 is 5.91 Å². The van der Waals surface area contributed by atoms with Crippen molar-refractivity contribution in [1.82, 2.24) is 10.2 Å². The minimum Gasteiger partial charge on any atom is -0.343 e. The van der Waals surface area contributed by atoms with Crippen LogP contribution in [0, 0.1) is 12.3 Å². The largest absolute Gasteiger partial charge is 0.343 e. The number of unbranched alkanes of at least 4 members (excludes halogenated alkanes) is 2. The van der Waals surface area contributed by atoms with Gasteiger partial charge in [-0.15, -0.1) is 12.3 Å². The smallest absolute Gasteiger partial charge is 0.222 e. The molecular weight excluding hydrogens is 212 g/mol. The lowest BCUT2D eigenvalue weighted by molar-refractivity contribution is -0.132. The maximum absolute atomic E-state index is 11.9. The lowest BCUT2D eigenvalue weighted by Crippen LogP contribution is -2.51. The van der Waals surface area contributed by atoms with E-state index in [0.29, 0.717) is 12.3 Å². The van der Waals surface area contributed by atoms with Gasteiger partial charge in [-0.25, -0.2) is 0 Å². The van der Waals surface area contributed by atoms with Crippen LogP contribution in [0.4, 0.5) is 0 Å². The molecule has 0 spiro atoms. The summed E-state index contributed by atoms with van der Waals surface area (Å²) < 4.78 is 0. The molecule has 3 nitrogen and oxygen atoms in total. The molecule has 0 unspecified atom stereocenters. The van der Waals surface area contributed by atoms with Gasteiger partial charge < -0.3 is 10.2 Å². The first-order valence-corrected chi connectivity index (χ1v) is 6.51. The third kappa shape index (κ3) is 4.40. The zero-order chi connectivity index (χ0) is 12.7. The number of carbonyl (C=O) groups excluding carboxylic acids is 1. The Balaban J connectivity index is 2.24. The van der Waals surface area contributed by atoms with E-state index in [1.807, 2.05) is 11.9 Å². The molecule has 17 heavy (non-hydrogen) atoms. The molecule has 1 fully saturated rings. The minimum atomic E-state index is 0.209. The van der Waals surface area contributed by atoms with E-state index >= 15 is 0 Å². The maximum Gasteiger partial charge on any atom is 0.222 e. The molecule has 0 atom stereocenters. The quantitative estimate of drug-likeness (QED) is 0.583. The van der Waals surface area contributed by atoms with Gasteiger partial charge in [0.05, 0.1) is 0 Å². The third-order valence-corrected chi connectivity index (χ3v) is 3.79. The van der Waals surface area contributed by atoms with E-state index in [2.05, 4.69) is 18.2 Å². The molecule has 1 aliphatic rings. The molecule has 0 aromatic heterocycles. The van der Waals surface area contributed by atoms with E-state index < -0.39 is 0 Å². The summed E-state index contributed by atoms with van der Waals surface area (Å²) in [5, 5.41) is 3.34. The Morgan fingerprint density at radius 1 is 1.41 bits per heavy atom. The number of nitrogens with one attached hydrogen (secondary N) is 1. The number of amides is 1. The monoisotopic (exact) mass is 236 g/mol. The van der Waals surface area contributed by atoms with Crippen LogP contribution in [0.2, 0.25) is 0 Å². The average Bonchev–Trinajstić information content (AvgIpc) is 2.35. The Bertz CT molecular complexity index is 285. The highest BCUT2D eigenvalue weighted by atomic mass is 16.2. The van der Waals surface area contributed by atoms with Crippen LogP contribution >= 0.6 is 0 Å². The summed E-state index contributed by atoms with van der Waals surface area (Å²) in [6, 6.07) is 0.